The van der Waals surface area contributed by atoms with Gasteiger partial charge in [-0.15, -0.1) is 0 Å². The van der Waals surface area contributed by atoms with Crippen LogP contribution in [0.25, 0.3) is 0 Å². The molecule has 4 nitrogen and oxygen atoms in total. The van der Waals surface area contributed by atoms with Gasteiger partial charge >= 0.3 is 12.1 Å². The van der Waals surface area contributed by atoms with E-state index in [9.17, 15) is 22.8 Å². The molecule has 1 aromatic carbocycles. The lowest BCUT2D eigenvalue weighted by Gasteiger charge is -2.26. The van der Waals surface area contributed by atoms with Crippen molar-refractivity contribution < 1.29 is 27.9 Å². The van der Waals surface area contributed by atoms with E-state index in [1.807, 2.05) is 0 Å². The Bertz CT molecular complexity index is 567. The Labute approximate surface area is 126 Å². The largest absolute Gasteiger partial charge is 0.480 e. The van der Waals surface area contributed by atoms with Gasteiger partial charge in [0.1, 0.15) is 6.04 Å². The number of halogens is 3. The van der Waals surface area contributed by atoms with Crippen molar-refractivity contribution in [1.82, 2.24) is 5.32 Å². The summed E-state index contributed by atoms with van der Waals surface area (Å²) < 4.78 is 38.2. The summed E-state index contributed by atoms with van der Waals surface area (Å²) in [4.78, 5) is 23.2. The molecule has 1 rings (SSSR count). The molecule has 0 radical (unpaired) electrons. The summed E-state index contributed by atoms with van der Waals surface area (Å²) in [6.07, 6.45) is -4.32. The maximum atomic E-state index is 12.7. The number of aliphatic carboxylic acids is 1. The molecule has 7 heteroatoms. The zero-order valence-electron chi connectivity index (χ0n) is 12.5. The Hall–Kier alpha value is -2.05. The van der Waals surface area contributed by atoms with Gasteiger partial charge in [-0.3, -0.25) is 4.79 Å². The molecule has 0 fully saturated rings. The fourth-order valence-electron chi connectivity index (χ4n) is 1.89. The minimum atomic E-state index is -4.50. The van der Waals surface area contributed by atoms with Gasteiger partial charge in [-0.25, -0.2) is 4.79 Å². The summed E-state index contributed by atoms with van der Waals surface area (Å²) in [7, 11) is 0. The third kappa shape index (κ3) is 3.99. The van der Waals surface area contributed by atoms with Crippen LogP contribution in [-0.4, -0.2) is 23.0 Å². The maximum absolute atomic E-state index is 12.7. The van der Waals surface area contributed by atoms with E-state index in [0.29, 0.717) is 0 Å². The van der Waals surface area contributed by atoms with Gasteiger partial charge in [-0.2, -0.15) is 13.2 Å². The molecule has 1 unspecified atom stereocenters. The van der Waals surface area contributed by atoms with Crippen molar-refractivity contribution in [3.63, 3.8) is 0 Å². The Morgan fingerprint density at radius 2 is 1.77 bits per heavy atom. The number of hydrogen-bond acceptors (Lipinski definition) is 2. The number of alkyl halides is 3. The number of benzene rings is 1. The first-order chi connectivity index (χ1) is 10.00. The van der Waals surface area contributed by atoms with Crippen LogP contribution in [0.4, 0.5) is 13.2 Å². The predicted octanol–water partition coefficient (Wildman–Crippen LogP) is 2.96. The highest BCUT2D eigenvalue weighted by atomic mass is 19.4. The van der Waals surface area contributed by atoms with Crippen molar-refractivity contribution in [3.8, 4) is 0 Å². The van der Waals surface area contributed by atoms with Crippen molar-refractivity contribution in [1.29, 1.82) is 0 Å². The molecule has 1 amide bonds. The lowest BCUT2D eigenvalue weighted by Crippen LogP contribution is -2.48. The first-order valence-corrected chi connectivity index (χ1v) is 6.71. The van der Waals surface area contributed by atoms with E-state index in [1.54, 1.807) is 6.92 Å². The molecule has 22 heavy (non-hydrogen) atoms. The Balaban J connectivity index is 3.08. The molecule has 0 aromatic heterocycles. The predicted molar refractivity (Wildman–Crippen MR) is 74.3 cm³/mol. The first-order valence-electron chi connectivity index (χ1n) is 6.71. The maximum Gasteiger partial charge on any atom is 0.416 e. The van der Waals surface area contributed by atoms with Crippen LogP contribution >= 0.6 is 0 Å². The zero-order chi connectivity index (χ0) is 17.1. The number of carbonyl (C=O) groups excluding carboxylic acids is 1. The van der Waals surface area contributed by atoms with Gasteiger partial charge in [0.15, 0.2) is 0 Å². The van der Waals surface area contributed by atoms with E-state index in [-0.39, 0.29) is 12.0 Å². The van der Waals surface area contributed by atoms with Gasteiger partial charge in [-0.1, -0.05) is 25.1 Å². The molecule has 0 aliphatic rings. The van der Waals surface area contributed by atoms with E-state index in [2.05, 4.69) is 5.32 Å². The summed E-state index contributed by atoms with van der Waals surface area (Å²) >= 11 is 0. The standard InChI is InChI=1S/C15H18F3NO3/c1-4-11(12(20)21)19-13(22)14(2,3)9-6-5-7-10(8-9)15(16,17)18/h5-8,11H,4H2,1-3H3,(H,19,22)(H,20,21). The van der Waals surface area contributed by atoms with E-state index in [4.69, 9.17) is 5.11 Å². The van der Waals surface area contributed by atoms with Crippen LogP contribution in [0.3, 0.4) is 0 Å². The molecule has 1 aromatic rings. The SMILES string of the molecule is CCC(NC(=O)C(C)(C)c1cccc(C(F)(F)F)c1)C(=O)O. The summed E-state index contributed by atoms with van der Waals surface area (Å²) in [6, 6.07) is 3.39. The average Bonchev–Trinajstić information content (AvgIpc) is 2.43. The molecule has 0 bridgehead atoms. The van der Waals surface area contributed by atoms with Crippen molar-refractivity contribution >= 4 is 11.9 Å². The monoisotopic (exact) mass is 317 g/mol. The number of carboxylic acid groups (broad SMARTS) is 1. The second-order valence-electron chi connectivity index (χ2n) is 5.48. The third-order valence-electron chi connectivity index (χ3n) is 3.49. The summed E-state index contributed by atoms with van der Waals surface area (Å²) in [6.45, 7) is 4.50. The number of hydrogen-bond donors (Lipinski definition) is 2. The smallest absolute Gasteiger partial charge is 0.416 e. The molecule has 0 heterocycles. The molecule has 0 saturated heterocycles. The highest BCUT2D eigenvalue weighted by Gasteiger charge is 2.36. The third-order valence-corrected chi connectivity index (χ3v) is 3.49. The molecule has 0 aliphatic heterocycles. The highest BCUT2D eigenvalue weighted by Crippen LogP contribution is 2.33. The summed E-state index contributed by atoms with van der Waals surface area (Å²) in [5.74, 6) is -1.82. The van der Waals surface area contributed by atoms with Crippen LogP contribution < -0.4 is 5.32 Å². The number of carboxylic acids is 1. The van der Waals surface area contributed by atoms with Crippen molar-refractivity contribution in [2.75, 3.05) is 0 Å². The van der Waals surface area contributed by atoms with E-state index in [0.717, 1.165) is 12.1 Å². The van der Waals surface area contributed by atoms with Crippen molar-refractivity contribution in [2.24, 2.45) is 0 Å². The van der Waals surface area contributed by atoms with E-state index >= 15 is 0 Å². The Kier molecular flexibility index (Phi) is 5.22. The lowest BCUT2D eigenvalue weighted by atomic mass is 9.82. The van der Waals surface area contributed by atoms with Crippen LogP contribution in [0, 0.1) is 0 Å². The van der Waals surface area contributed by atoms with Gasteiger partial charge in [0, 0.05) is 0 Å². The number of nitrogens with one attached hydrogen (secondary N) is 1. The molecule has 1 atom stereocenters. The number of amides is 1. The first kappa shape index (κ1) is 18.0. The lowest BCUT2D eigenvalue weighted by molar-refractivity contribution is -0.142. The molecule has 0 aliphatic carbocycles. The van der Waals surface area contributed by atoms with Gasteiger partial charge in [0.2, 0.25) is 5.91 Å². The summed E-state index contributed by atoms with van der Waals surface area (Å²) in [5.41, 5.74) is -1.97. The second-order valence-corrected chi connectivity index (χ2v) is 5.48. The van der Waals surface area contributed by atoms with Crippen molar-refractivity contribution in [2.45, 2.75) is 44.8 Å². The quantitative estimate of drug-likeness (QED) is 0.877. The van der Waals surface area contributed by atoms with Gasteiger partial charge in [-0.05, 0) is 31.9 Å². The zero-order valence-corrected chi connectivity index (χ0v) is 12.5. The fraction of sp³-hybridized carbons (Fsp3) is 0.467. The highest BCUT2D eigenvalue weighted by molar-refractivity contribution is 5.90. The van der Waals surface area contributed by atoms with Gasteiger partial charge in [0.25, 0.3) is 0 Å². The fourth-order valence-corrected chi connectivity index (χ4v) is 1.89. The van der Waals surface area contributed by atoms with Crippen LogP contribution in [0.2, 0.25) is 0 Å². The normalized spacial score (nSPS) is 13.5. The van der Waals surface area contributed by atoms with Crippen molar-refractivity contribution in [3.05, 3.63) is 35.4 Å². The van der Waals surface area contributed by atoms with Crippen LogP contribution in [0.15, 0.2) is 24.3 Å². The van der Waals surface area contributed by atoms with Gasteiger partial charge < -0.3 is 10.4 Å². The van der Waals surface area contributed by atoms with E-state index < -0.39 is 35.1 Å². The van der Waals surface area contributed by atoms with Crippen LogP contribution in [-0.2, 0) is 21.2 Å². The molecule has 2 N–H and O–H groups in total. The molecule has 0 spiro atoms. The topological polar surface area (TPSA) is 66.4 Å². The average molecular weight is 317 g/mol. The summed E-state index contributed by atoms with van der Waals surface area (Å²) in [5, 5.41) is 11.3. The molecular formula is C15H18F3NO3. The minimum absolute atomic E-state index is 0.167. The van der Waals surface area contributed by atoms with Crippen LogP contribution in [0.5, 0.6) is 0 Å². The Morgan fingerprint density at radius 1 is 1.23 bits per heavy atom. The number of rotatable bonds is 5. The second kappa shape index (κ2) is 6.37. The minimum Gasteiger partial charge on any atom is -0.480 e. The van der Waals surface area contributed by atoms with Crippen LogP contribution in [0.1, 0.15) is 38.3 Å². The molecule has 122 valence electrons. The molecular weight excluding hydrogens is 299 g/mol. The van der Waals surface area contributed by atoms with Gasteiger partial charge in [0.05, 0.1) is 11.0 Å². The Morgan fingerprint density at radius 3 is 2.23 bits per heavy atom. The molecule has 0 saturated carbocycles. The van der Waals surface area contributed by atoms with E-state index in [1.165, 1.54) is 26.0 Å². The number of carbonyl (C=O) groups is 2.